The number of rotatable bonds is 27. The van der Waals surface area contributed by atoms with Crippen LogP contribution in [0.25, 0.3) is 11.1 Å². The highest BCUT2D eigenvalue weighted by atomic mass is 15.1. The molecular formula is C80H117N. The van der Waals surface area contributed by atoms with Gasteiger partial charge >= 0.3 is 0 Å². The van der Waals surface area contributed by atoms with Gasteiger partial charge in [-0.1, -0.05) is 269 Å². The van der Waals surface area contributed by atoms with E-state index in [0.717, 1.165) is 0 Å². The Morgan fingerprint density at radius 3 is 1.01 bits per heavy atom. The molecule has 442 valence electrons. The average Bonchev–Trinajstić information content (AvgIpc) is 2.27. The van der Waals surface area contributed by atoms with Crippen molar-refractivity contribution in [1.82, 2.24) is 0 Å². The Kier molecular flexibility index (Phi) is 27.1. The highest BCUT2D eigenvalue weighted by Gasteiger charge is 2.42. The SMILES string of the molecule is CCCCCCCCC1(CCCCCCCC)c2cc(C)ccc2-c2ccc(C)cc21.CCCCCCc1cc(C)c(CCCCCC)cc1C.Cc1cc(N(c2ccc(C(C)(C)C)cc2)c2ccc(C(C)(C)C)cc2)cc(C)c1C. The maximum absolute atomic E-state index is 2.53. The molecule has 81 heavy (non-hydrogen) atoms. The number of nitrogens with zero attached hydrogens (tertiary/aromatic N) is 1. The zero-order valence-corrected chi connectivity index (χ0v) is 55.3. The van der Waals surface area contributed by atoms with Gasteiger partial charge in [0.1, 0.15) is 0 Å². The second-order valence-electron chi connectivity index (χ2n) is 27.2. The molecule has 0 spiro atoms. The maximum atomic E-state index is 2.53. The van der Waals surface area contributed by atoms with Gasteiger partial charge in [-0.05, 0) is 207 Å². The zero-order valence-electron chi connectivity index (χ0n) is 55.3. The molecule has 0 fully saturated rings. The van der Waals surface area contributed by atoms with E-state index in [1.807, 2.05) is 0 Å². The summed E-state index contributed by atoms with van der Waals surface area (Å²) in [6.07, 6.45) is 32.7. The molecule has 0 aliphatic heterocycles. The Hall–Kier alpha value is -4.88. The molecule has 1 aliphatic rings. The Bertz CT molecular complexity index is 2600. The molecule has 0 aromatic heterocycles. The van der Waals surface area contributed by atoms with Gasteiger partial charge in [0.2, 0.25) is 0 Å². The third kappa shape index (κ3) is 19.6. The quantitative estimate of drug-likeness (QED) is 0.0465. The molecule has 7 rings (SSSR count). The number of hydrogen-bond donors (Lipinski definition) is 0. The Labute approximate surface area is 500 Å². The number of unbranched alkanes of at least 4 members (excludes halogenated alkanes) is 16. The van der Waals surface area contributed by atoms with Crippen LogP contribution < -0.4 is 4.90 Å². The van der Waals surface area contributed by atoms with Crippen molar-refractivity contribution in [2.24, 2.45) is 0 Å². The van der Waals surface area contributed by atoms with Crippen LogP contribution in [-0.2, 0) is 29.1 Å². The summed E-state index contributed by atoms with van der Waals surface area (Å²) in [5, 5.41) is 0. The van der Waals surface area contributed by atoms with Crippen LogP contribution in [-0.4, -0.2) is 0 Å². The lowest BCUT2D eigenvalue weighted by atomic mass is 9.70. The summed E-state index contributed by atoms with van der Waals surface area (Å²) >= 11 is 0. The van der Waals surface area contributed by atoms with E-state index < -0.39 is 0 Å². The van der Waals surface area contributed by atoms with Crippen LogP contribution in [0.1, 0.15) is 283 Å². The van der Waals surface area contributed by atoms with Gasteiger partial charge < -0.3 is 4.90 Å². The smallest absolute Gasteiger partial charge is 0.0467 e. The first kappa shape index (κ1) is 66.9. The molecule has 0 saturated heterocycles. The lowest BCUT2D eigenvalue weighted by Crippen LogP contribution is -2.25. The van der Waals surface area contributed by atoms with Crippen molar-refractivity contribution in [2.45, 2.75) is 288 Å². The highest BCUT2D eigenvalue weighted by molar-refractivity contribution is 5.82. The van der Waals surface area contributed by atoms with Crippen molar-refractivity contribution < 1.29 is 0 Å². The van der Waals surface area contributed by atoms with Crippen LogP contribution in [0, 0.1) is 48.5 Å². The monoisotopic (exact) mass is 1090 g/mol. The van der Waals surface area contributed by atoms with E-state index in [4.69, 9.17) is 0 Å². The van der Waals surface area contributed by atoms with Gasteiger partial charge in [-0.15, -0.1) is 0 Å². The molecular weight excluding hydrogens is 975 g/mol. The van der Waals surface area contributed by atoms with E-state index in [9.17, 15) is 0 Å². The maximum Gasteiger partial charge on any atom is 0.0467 e. The molecule has 0 radical (unpaired) electrons. The third-order valence-corrected chi connectivity index (χ3v) is 18.1. The molecule has 1 nitrogen and oxygen atoms in total. The van der Waals surface area contributed by atoms with Gasteiger partial charge in [0.05, 0.1) is 0 Å². The molecule has 0 unspecified atom stereocenters. The standard InChI is InChI=1S/C31H46.C29H37N.C20H34/c1-5-7-9-11-13-15-21-31(22-16-14-12-10-8-6-2)29-23-25(3)17-19-27(29)28-20-18-26(4)24-30(28)31;1-20-18-27(19-21(2)22(20)3)30(25-14-10-23(11-15-25)28(4,5)6)26-16-12-24(13-17-26)29(7,8)9;1-5-7-9-11-13-19-15-18(4)20(16-17(19)3)14-12-10-8-6-2/h17-20,23-24H,5-16,21-22H2,1-4H3;10-19H,1-9H3;15-16H,5-14H2,1-4H3. The summed E-state index contributed by atoms with van der Waals surface area (Å²) in [6.45, 7) is 38.5. The van der Waals surface area contributed by atoms with Crippen molar-refractivity contribution in [3.05, 3.63) is 182 Å². The Morgan fingerprint density at radius 1 is 0.333 bits per heavy atom. The normalized spacial score (nSPS) is 12.6. The Morgan fingerprint density at radius 2 is 0.667 bits per heavy atom. The first-order valence-corrected chi connectivity index (χ1v) is 33.1. The van der Waals surface area contributed by atoms with Gasteiger partial charge in [0, 0.05) is 22.5 Å². The number of fused-ring (bicyclic) bond motifs is 3. The lowest BCUT2D eigenvalue weighted by Gasteiger charge is -2.33. The van der Waals surface area contributed by atoms with E-state index in [2.05, 4.69) is 232 Å². The number of hydrogen-bond acceptors (Lipinski definition) is 1. The fourth-order valence-electron chi connectivity index (χ4n) is 12.6. The molecule has 0 amide bonds. The minimum absolute atomic E-state index is 0.148. The van der Waals surface area contributed by atoms with E-state index in [0.29, 0.717) is 0 Å². The summed E-state index contributed by atoms with van der Waals surface area (Å²) in [5.41, 5.74) is 26.1. The molecule has 0 atom stereocenters. The van der Waals surface area contributed by atoms with Crippen molar-refractivity contribution in [3.8, 4) is 11.1 Å². The minimum Gasteiger partial charge on any atom is -0.310 e. The molecule has 6 aromatic carbocycles. The summed E-state index contributed by atoms with van der Waals surface area (Å²) in [6, 6.07) is 42.1. The van der Waals surface area contributed by atoms with Crippen molar-refractivity contribution in [1.29, 1.82) is 0 Å². The predicted molar refractivity (Wildman–Crippen MR) is 362 cm³/mol. The number of anilines is 3. The van der Waals surface area contributed by atoms with Crippen molar-refractivity contribution >= 4 is 17.1 Å². The first-order chi connectivity index (χ1) is 38.7. The second kappa shape index (κ2) is 32.8. The molecule has 1 aliphatic carbocycles. The van der Waals surface area contributed by atoms with Crippen LogP contribution in [0.2, 0.25) is 0 Å². The average molecular weight is 1090 g/mol. The van der Waals surface area contributed by atoms with E-state index >= 15 is 0 Å². The summed E-state index contributed by atoms with van der Waals surface area (Å²) < 4.78 is 0. The fourth-order valence-corrected chi connectivity index (χ4v) is 12.6. The van der Waals surface area contributed by atoms with Crippen LogP contribution >= 0.6 is 0 Å². The van der Waals surface area contributed by atoms with E-state index in [1.54, 1.807) is 22.3 Å². The van der Waals surface area contributed by atoms with Gasteiger partial charge in [-0.3, -0.25) is 0 Å². The van der Waals surface area contributed by atoms with Gasteiger partial charge in [-0.25, -0.2) is 0 Å². The van der Waals surface area contributed by atoms with E-state index in [-0.39, 0.29) is 16.2 Å². The predicted octanol–water partition coefficient (Wildman–Crippen LogP) is 25.3. The van der Waals surface area contributed by atoms with Crippen LogP contribution in [0.15, 0.2) is 109 Å². The molecule has 0 bridgehead atoms. The van der Waals surface area contributed by atoms with Gasteiger partial charge in [-0.2, -0.15) is 0 Å². The van der Waals surface area contributed by atoms with Gasteiger partial charge in [0.25, 0.3) is 0 Å². The summed E-state index contributed by atoms with van der Waals surface area (Å²) in [7, 11) is 0. The fraction of sp³-hybridized carbons (Fsp3) is 0.550. The second-order valence-corrected chi connectivity index (χ2v) is 27.2. The molecule has 0 N–H and O–H groups in total. The van der Waals surface area contributed by atoms with E-state index in [1.165, 1.54) is 232 Å². The molecule has 0 heterocycles. The molecule has 0 saturated carbocycles. The first-order valence-electron chi connectivity index (χ1n) is 33.1. The summed E-state index contributed by atoms with van der Waals surface area (Å²) in [4.78, 5) is 2.37. The largest absolute Gasteiger partial charge is 0.310 e. The van der Waals surface area contributed by atoms with Crippen LogP contribution in [0.4, 0.5) is 17.1 Å². The van der Waals surface area contributed by atoms with Crippen LogP contribution in [0.3, 0.4) is 0 Å². The topological polar surface area (TPSA) is 3.24 Å². The molecule has 6 aromatic rings. The summed E-state index contributed by atoms with van der Waals surface area (Å²) in [5.74, 6) is 0. The van der Waals surface area contributed by atoms with Crippen molar-refractivity contribution in [3.63, 3.8) is 0 Å². The number of aryl methyl sites for hydroxylation is 8. The highest BCUT2D eigenvalue weighted by Crippen LogP contribution is 2.55. The number of benzene rings is 6. The lowest BCUT2D eigenvalue weighted by molar-refractivity contribution is 0.397. The third-order valence-electron chi connectivity index (χ3n) is 18.1. The molecule has 1 heteroatoms. The van der Waals surface area contributed by atoms with Gasteiger partial charge in [0.15, 0.2) is 0 Å². The minimum atomic E-state index is 0.148. The Balaban J connectivity index is 0.000000229. The van der Waals surface area contributed by atoms with Crippen LogP contribution in [0.5, 0.6) is 0 Å². The van der Waals surface area contributed by atoms with Crippen molar-refractivity contribution in [2.75, 3.05) is 4.90 Å². The zero-order chi connectivity index (χ0) is 59.2.